The molecule has 0 spiro atoms. The van der Waals surface area contributed by atoms with Crippen LogP contribution in [0.15, 0.2) is 48.5 Å². The molecule has 100 valence electrons. The van der Waals surface area contributed by atoms with E-state index in [9.17, 15) is 8.42 Å². The summed E-state index contributed by atoms with van der Waals surface area (Å²) in [6.07, 6.45) is 0. The third-order valence-corrected chi connectivity index (χ3v) is 4.12. The molecule has 19 heavy (non-hydrogen) atoms. The second-order valence-corrected chi connectivity index (χ2v) is 6.59. The van der Waals surface area contributed by atoms with E-state index in [1.165, 1.54) is 0 Å². The number of nitrogens with one attached hydrogen (secondary N) is 1. The van der Waals surface area contributed by atoms with Crippen LogP contribution >= 0.6 is 23.2 Å². The van der Waals surface area contributed by atoms with Gasteiger partial charge in [-0.25, -0.2) is 8.42 Å². The average molecular weight is 316 g/mol. The van der Waals surface area contributed by atoms with Crippen LogP contribution in [0.3, 0.4) is 0 Å². The largest absolute Gasteiger partial charge is 0.283 e. The van der Waals surface area contributed by atoms with E-state index in [-0.39, 0.29) is 5.75 Å². The zero-order valence-electron chi connectivity index (χ0n) is 9.81. The Bertz CT molecular complexity index is 669. The first kappa shape index (κ1) is 14.2. The monoisotopic (exact) mass is 315 g/mol. The van der Waals surface area contributed by atoms with Crippen molar-refractivity contribution in [2.45, 2.75) is 5.75 Å². The Morgan fingerprint density at radius 2 is 1.63 bits per heavy atom. The van der Waals surface area contributed by atoms with Gasteiger partial charge in [0.15, 0.2) is 0 Å². The highest BCUT2D eigenvalue weighted by atomic mass is 35.5. The van der Waals surface area contributed by atoms with E-state index >= 15 is 0 Å². The smallest absolute Gasteiger partial charge is 0.236 e. The van der Waals surface area contributed by atoms with E-state index in [1.54, 1.807) is 48.5 Å². The number of sulfonamides is 1. The maximum Gasteiger partial charge on any atom is 0.236 e. The first-order valence-electron chi connectivity index (χ1n) is 5.45. The molecule has 0 amide bonds. The van der Waals surface area contributed by atoms with Gasteiger partial charge in [0.1, 0.15) is 0 Å². The summed E-state index contributed by atoms with van der Waals surface area (Å²) >= 11 is 11.6. The normalized spacial score (nSPS) is 11.3. The Balaban J connectivity index is 2.13. The van der Waals surface area contributed by atoms with Crippen LogP contribution in [-0.2, 0) is 15.8 Å². The van der Waals surface area contributed by atoms with Crippen LogP contribution in [0, 0.1) is 0 Å². The number of hydrogen-bond donors (Lipinski definition) is 1. The summed E-state index contributed by atoms with van der Waals surface area (Å²) in [6, 6.07) is 13.2. The van der Waals surface area contributed by atoms with Crippen molar-refractivity contribution in [2.24, 2.45) is 0 Å². The maximum atomic E-state index is 12.0. The molecule has 2 rings (SSSR count). The number of rotatable bonds is 4. The molecule has 0 bridgehead atoms. The molecular formula is C13H11Cl2NO2S. The third-order valence-electron chi connectivity index (χ3n) is 2.37. The van der Waals surface area contributed by atoms with Crippen LogP contribution in [0.25, 0.3) is 0 Å². The fourth-order valence-electron chi connectivity index (χ4n) is 1.57. The van der Waals surface area contributed by atoms with Gasteiger partial charge >= 0.3 is 0 Å². The predicted octanol–water partition coefficient (Wildman–Crippen LogP) is 3.94. The Hall–Kier alpha value is -1.23. The van der Waals surface area contributed by atoms with Crippen LogP contribution in [0.1, 0.15) is 5.56 Å². The maximum absolute atomic E-state index is 12.0. The molecule has 0 heterocycles. The van der Waals surface area contributed by atoms with Gasteiger partial charge in [-0.1, -0.05) is 41.4 Å². The Morgan fingerprint density at radius 1 is 0.947 bits per heavy atom. The van der Waals surface area contributed by atoms with Crippen molar-refractivity contribution in [1.82, 2.24) is 0 Å². The van der Waals surface area contributed by atoms with Gasteiger partial charge in [-0.05, 0) is 35.9 Å². The van der Waals surface area contributed by atoms with E-state index in [2.05, 4.69) is 4.72 Å². The number of hydrogen-bond acceptors (Lipinski definition) is 2. The van der Waals surface area contributed by atoms with Gasteiger partial charge in [-0.2, -0.15) is 0 Å². The fraction of sp³-hybridized carbons (Fsp3) is 0.0769. The summed E-state index contributed by atoms with van der Waals surface area (Å²) in [5.41, 5.74) is 1.11. The molecule has 0 saturated heterocycles. The van der Waals surface area contributed by atoms with Gasteiger partial charge in [0.05, 0.1) is 5.75 Å². The highest BCUT2D eigenvalue weighted by Crippen LogP contribution is 2.18. The van der Waals surface area contributed by atoms with E-state index in [0.717, 1.165) is 0 Å². The van der Waals surface area contributed by atoms with Crippen molar-refractivity contribution in [3.8, 4) is 0 Å². The molecule has 3 nitrogen and oxygen atoms in total. The zero-order chi connectivity index (χ0) is 13.9. The summed E-state index contributed by atoms with van der Waals surface area (Å²) in [4.78, 5) is 0. The molecule has 0 atom stereocenters. The van der Waals surface area contributed by atoms with E-state index in [4.69, 9.17) is 23.2 Å². The lowest BCUT2D eigenvalue weighted by Crippen LogP contribution is -2.14. The lowest BCUT2D eigenvalue weighted by molar-refractivity contribution is 0.600. The molecule has 0 aliphatic carbocycles. The summed E-state index contributed by atoms with van der Waals surface area (Å²) in [6.45, 7) is 0. The van der Waals surface area contributed by atoms with Crippen LogP contribution in [0.4, 0.5) is 5.69 Å². The highest BCUT2D eigenvalue weighted by molar-refractivity contribution is 7.91. The van der Waals surface area contributed by atoms with E-state index in [0.29, 0.717) is 21.3 Å². The van der Waals surface area contributed by atoms with Crippen LogP contribution in [0.2, 0.25) is 10.0 Å². The molecular weight excluding hydrogens is 305 g/mol. The number of benzene rings is 2. The van der Waals surface area contributed by atoms with Crippen molar-refractivity contribution >= 4 is 38.9 Å². The van der Waals surface area contributed by atoms with Crippen molar-refractivity contribution in [3.63, 3.8) is 0 Å². The molecule has 0 unspecified atom stereocenters. The lowest BCUT2D eigenvalue weighted by atomic mass is 10.2. The minimum absolute atomic E-state index is 0.114. The minimum atomic E-state index is -3.47. The average Bonchev–Trinajstić information content (AvgIpc) is 2.31. The molecule has 0 saturated carbocycles. The van der Waals surface area contributed by atoms with Gasteiger partial charge in [0, 0.05) is 15.7 Å². The molecule has 0 aliphatic rings. The molecule has 6 heteroatoms. The fourth-order valence-corrected chi connectivity index (χ4v) is 3.07. The van der Waals surface area contributed by atoms with Crippen LogP contribution in [0.5, 0.6) is 0 Å². The first-order chi connectivity index (χ1) is 8.94. The Labute approximate surface area is 122 Å². The summed E-state index contributed by atoms with van der Waals surface area (Å²) in [5.74, 6) is -0.114. The molecule has 0 fully saturated rings. The minimum Gasteiger partial charge on any atom is -0.283 e. The highest BCUT2D eigenvalue weighted by Gasteiger charge is 2.11. The Morgan fingerprint density at radius 3 is 2.26 bits per heavy atom. The van der Waals surface area contributed by atoms with Gasteiger partial charge in [0.2, 0.25) is 10.0 Å². The number of anilines is 1. The molecule has 0 aliphatic heterocycles. The van der Waals surface area contributed by atoms with Crippen LogP contribution < -0.4 is 4.72 Å². The molecule has 1 N–H and O–H groups in total. The number of halogens is 2. The molecule has 0 aromatic heterocycles. The van der Waals surface area contributed by atoms with Gasteiger partial charge < -0.3 is 0 Å². The van der Waals surface area contributed by atoms with Crippen molar-refractivity contribution in [1.29, 1.82) is 0 Å². The molecule has 2 aromatic carbocycles. The zero-order valence-corrected chi connectivity index (χ0v) is 12.1. The second-order valence-electron chi connectivity index (χ2n) is 4.00. The summed E-state index contributed by atoms with van der Waals surface area (Å²) in [5, 5.41) is 1.05. The topological polar surface area (TPSA) is 46.2 Å². The quantitative estimate of drug-likeness (QED) is 0.929. The standard InChI is InChI=1S/C13H11Cl2NO2S/c14-11-6-4-10(5-7-11)9-19(17,18)16-13-3-1-2-12(15)8-13/h1-8,16H,9H2. The van der Waals surface area contributed by atoms with E-state index in [1.807, 2.05) is 0 Å². The van der Waals surface area contributed by atoms with Gasteiger partial charge in [0.25, 0.3) is 0 Å². The summed E-state index contributed by atoms with van der Waals surface area (Å²) in [7, 11) is -3.47. The molecule has 0 radical (unpaired) electrons. The molecule has 2 aromatic rings. The first-order valence-corrected chi connectivity index (χ1v) is 7.86. The van der Waals surface area contributed by atoms with Crippen molar-refractivity contribution < 1.29 is 8.42 Å². The van der Waals surface area contributed by atoms with E-state index < -0.39 is 10.0 Å². The van der Waals surface area contributed by atoms with Crippen molar-refractivity contribution in [2.75, 3.05) is 4.72 Å². The summed E-state index contributed by atoms with van der Waals surface area (Å²) < 4.78 is 26.4. The van der Waals surface area contributed by atoms with Crippen molar-refractivity contribution in [3.05, 3.63) is 64.1 Å². The van der Waals surface area contributed by atoms with Gasteiger partial charge in [-0.3, -0.25) is 4.72 Å². The second kappa shape index (κ2) is 5.82. The Kier molecular flexibility index (Phi) is 4.34. The third kappa shape index (κ3) is 4.42. The lowest BCUT2D eigenvalue weighted by Gasteiger charge is -2.08. The SMILES string of the molecule is O=S(=O)(Cc1ccc(Cl)cc1)Nc1cccc(Cl)c1. The van der Waals surface area contributed by atoms with Crippen LogP contribution in [-0.4, -0.2) is 8.42 Å². The van der Waals surface area contributed by atoms with Gasteiger partial charge in [-0.15, -0.1) is 0 Å². The predicted molar refractivity (Wildman–Crippen MR) is 79.2 cm³/mol.